The number of anilines is 1. The Balaban J connectivity index is 1.24. The highest BCUT2D eigenvalue weighted by Gasteiger charge is 2.38. The Labute approximate surface area is 169 Å². The van der Waals surface area contributed by atoms with Crippen LogP contribution in [-0.4, -0.2) is 48.9 Å². The average molecular weight is 434 g/mol. The first-order valence-corrected chi connectivity index (χ1v) is 11.0. The van der Waals surface area contributed by atoms with Crippen molar-refractivity contribution in [1.82, 2.24) is 10.2 Å². The van der Waals surface area contributed by atoms with E-state index in [2.05, 4.69) is 44.3 Å². The number of benzene rings is 1. The Morgan fingerprint density at radius 1 is 1.19 bits per heavy atom. The number of carbonyl (C=O) groups excluding carboxylic acids is 2. The lowest BCUT2D eigenvalue weighted by Gasteiger charge is -2.24. The minimum Gasteiger partial charge on any atom is -0.371 e. The molecular formula is C21H28BrN3O2. The number of nitrogens with zero attached hydrogens (tertiary/aromatic N) is 2. The summed E-state index contributed by atoms with van der Waals surface area (Å²) in [5.74, 6) is 0.533. The van der Waals surface area contributed by atoms with Gasteiger partial charge in [0.25, 0.3) is 0 Å². The van der Waals surface area contributed by atoms with Crippen molar-refractivity contribution in [1.29, 1.82) is 0 Å². The van der Waals surface area contributed by atoms with E-state index in [0.717, 1.165) is 36.8 Å². The van der Waals surface area contributed by atoms with Crippen molar-refractivity contribution in [2.24, 2.45) is 11.8 Å². The third-order valence-corrected chi connectivity index (χ3v) is 6.81. The molecule has 1 aromatic carbocycles. The van der Waals surface area contributed by atoms with Crippen molar-refractivity contribution >= 4 is 33.4 Å². The average Bonchev–Trinajstić information content (AvgIpc) is 3.40. The zero-order chi connectivity index (χ0) is 18.8. The van der Waals surface area contributed by atoms with Crippen LogP contribution in [0.25, 0.3) is 0 Å². The molecule has 3 aliphatic rings. The zero-order valence-corrected chi connectivity index (χ0v) is 17.3. The van der Waals surface area contributed by atoms with Crippen molar-refractivity contribution < 1.29 is 9.59 Å². The smallest absolute Gasteiger partial charge is 0.225 e. The molecule has 146 valence electrons. The lowest BCUT2D eigenvalue weighted by atomic mass is 10.1. The predicted molar refractivity (Wildman–Crippen MR) is 110 cm³/mol. The maximum atomic E-state index is 12.6. The van der Waals surface area contributed by atoms with Crippen LogP contribution in [0.3, 0.4) is 0 Å². The van der Waals surface area contributed by atoms with Gasteiger partial charge in [-0.15, -0.1) is 0 Å². The summed E-state index contributed by atoms with van der Waals surface area (Å²) in [5.41, 5.74) is 1.23. The maximum absolute atomic E-state index is 12.6. The van der Waals surface area contributed by atoms with E-state index in [0.29, 0.717) is 31.5 Å². The van der Waals surface area contributed by atoms with Crippen LogP contribution in [0.2, 0.25) is 0 Å². The molecule has 27 heavy (non-hydrogen) atoms. The molecule has 3 fully saturated rings. The summed E-state index contributed by atoms with van der Waals surface area (Å²) in [4.78, 5) is 29.2. The molecule has 0 spiro atoms. The van der Waals surface area contributed by atoms with E-state index >= 15 is 0 Å². The van der Waals surface area contributed by atoms with Crippen LogP contribution in [0, 0.1) is 11.8 Å². The van der Waals surface area contributed by atoms with Crippen LogP contribution in [0.4, 0.5) is 5.69 Å². The Hall–Kier alpha value is -1.56. The summed E-state index contributed by atoms with van der Waals surface area (Å²) in [6, 6.07) is 8.75. The number of rotatable bonds is 5. The van der Waals surface area contributed by atoms with Gasteiger partial charge in [0.05, 0.1) is 5.92 Å². The van der Waals surface area contributed by atoms with Gasteiger partial charge in [0.1, 0.15) is 0 Å². The van der Waals surface area contributed by atoms with Gasteiger partial charge in [0, 0.05) is 48.8 Å². The fraction of sp³-hybridized carbons (Fsp3) is 0.619. The van der Waals surface area contributed by atoms with Gasteiger partial charge in [-0.1, -0.05) is 34.8 Å². The first-order valence-electron chi connectivity index (χ1n) is 10.2. The maximum Gasteiger partial charge on any atom is 0.225 e. The van der Waals surface area contributed by atoms with Gasteiger partial charge in [-0.05, 0) is 43.4 Å². The molecule has 2 amide bonds. The SMILES string of the molecule is O=C(NCC1CCN(c2cccc(Br)c2)C1)C1CC(=O)N(C2CCCC2)C1. The second kappa shape index (κ2) is 8.21. The first-order chi connectivity index (χ1) is 13.1. The molecule has 2 atom stereocenters. The number of likely N-dealkylation sites (tertiary alicyclic amines) is 1. The Kier molecular flexibility index (Phi) is 5.71. The highest BCUT2D eigenvalue weighted by atomic mass is 79.9. The first kappa shape index (κ1) is 18.8. The summed E-state index contributed by atoms with van der Waals surface area (Å²) in [7, 11) is 0. The highest BCUT2D eigenvalue weighted by Crippen LogP contribution is 2.30. The van der Waals surface area contributed by atoms with Gasteiger partial charge in [-0.25, -0.2) is 0 Å². The predicted octanol–water partition coefficient (Wildman–Crippen LogP) is 3.18. The van der Waals surface area contributed by atoms with Crippen LogP contribution < -0.4 is 10.2 Å². The lowest BCUT2D eigenvalue weighted by molar-refractivity contribution is -0.130. The fourth-order valence-corrected chi connectivity index (χ4v) is 5.16. The molecule has 1 aliphatic carbocycles. The van der Waals surface area contributed by atoms with Crippen LogP contribution in [-0.2, 0) is 9.59 Å². The topological polar surface area (TPSA) is 52.7 Å². The van der Waals surface area contributed by atoms with Crippen LogP contribution in [0.5, 0.6) is 0 Å². The van der Waals surface area contributed by atoms with Crippen LogP contribution in [0.15, 0.2) is 28.7 Å². The van der Waals surface area contributed by atoms with E-state index in [4.69, 9.17) is 0 Å². The summed E-state index contributed by atoms with van der Waals surface area (Å²) >= 11 is 3.53. The standard InChI is InChI=1S/C21H28BrN3O2/c22-17-4-3-7-19(11-17)24-9-8-15(13-24)12-23-21(27)16-10-20(26)25(14-16)18-5-1-2-6-18/h3-4,7,11,15-16,18H,1-2,5-6,8-10,12-14H2,(H,23,27). The summed E-state index contributed by atoms with van der Waals surface area (Å²) in [6.07, 6.45) is 6.10. The molecule has 2 heterocycles. The molecule has 4 rings (SSSR count). The van der Waals surface area contributed by atoms with Gasteiger partial charge < -0.3 is 15.1 Å². The second-order valence-electron chi connectivity index (χ2n) is 8.21. The minimum absolute atomic E-state index is 0.0600. The number of amides is 2. The van der Waals surface area contributed by atoms with Gasteiger partial charge >= 0.3 is 0 Å². The molecule has 1 N–H and O–H groups in total. The van der Waals surface area contributed by atoms with Gasteiger partial charge in [-0.3, -0.25) is 9.59 Å². The molecule has 1 saturated carbocycles. The Morgan fingerprint density at radius 3 is 2.78 bits per heavy atom. The largest absolute Gasteiger partial charge is 0.371 e. The molecule has 1 aromatic rings. The van der Waals surface area contributed by atoms with Crippen LogP contribution >= 0.6 is 15.9 Å². The molecule has 0 aromatic heterocycles. The normalized spacial score (nSPS) is 26.2. The van der Waals surface area contributed by atoms with Crippen molar-refractivity contribution in [2.45, 2.75) is 44.6 Å². The van der Waals surface area contributed by atoms with E-state index in [1.807, 2.05) is 11.0 Å². The van der Waals surface area contributed by atoms with E-state index in [9.17, 15) is 9.59 Å². The van der Waals surface area contributed by atoms with Gasteiger partial charge in [0.2, 0.25) is 11.8 Å². The van der Waals surface area contributed by atoms with E-state index in [1.165, 1.54) is 18.5 Å². The number of hydrogen-bond acceptors (Lipinski definition) is 3. The fourth-order valence-electron chi connectivity index (χ4n) is 4.77. The van der Waals surface area contributed by atoms with Gasteiger partial charge in [0.15, 0.2) is 0 Å². The van der Waals surface area contributed by atoms with Crippen molar-refractivity contribution in [2.75, 3.05) is 31.1 Å². The highest BCUT2D eigenvalue weighted by molar-refractivity contribution is 9.10. The van der Waals surface area contributed by atoms with Crippen molar-refractivity contribution in [3.63, 3.8) is 0 Å². The molecule has 0 bridgehead atoms. The van der Waals surface area contributed by atoms with Crippen LogP contribution in [0.1, 0.15) is 38.5 Å². The third kappa shape index (κ3) is 4.31. The monoisotopic (exact) mass is 433 g/mol. The van der Waals surface area contributed by atoms with E-state index in [-0.39, 0.29) is 17.7 Å². The van der Waals surface area contributed by atoms with E-state index in [1.54, 1.807) is 0 Å². The molecule has 2 saturated heterocycles. The number of halogens is 1. The molecule has 5 nitrogen and oxygen atoms in total. The summed E-state index contributed by atoms with van der Waals surface area (Å²) < 4.78 is 1.09. The number of hydrogen-bond donors (Lipinski definition) is 1. The molecule has 6 heteroatoms. The molecule has 2 aliphatic heterocycles. The number of nitrogens with one attached hydrogen (secondary N) is 1. The summed E-state index contributed by atoms with van der Waals surface area (Å²) in [6.45, 7) is 3.31. The Morgan fingerprint density at radius 2 is 2.00 bits per heavy atom. The molecule has 0 radical (unpaired) electrons. The zero-order valence-electron chi connectivity index (χ0n) is 15.7. The van der Waals surface area contributed by atoms with Crippen molar-refractivity contribution in [3.05, 3.63) is 28.7 Å². The Bertz CT molecular complexity index is 704. The number of carbonyl (C=O) groups is 2. The molecule has 2 unspecified atom stereocenters. The third-order valence-electron chi connectivity index (χ3n) is 6.32. The van der Waals surface area contributed by atoms with E-state index < -0.39 is 0 Å². The van der Waals surface area contributed by atoms with Gasteiger partial charge in [-0.2, -0.15) is 0 Å². The quantitative estimate of drug-likeness (QED) is 0.775. The summed E-state index contributed by atoms with van der Waals surface area (Å²) in [5, 5.41) is 3.13. The lowest BCUT2D eigenvalue weighted by Crippen LogP contribution is -2.38. The molecular weight excluding hydrogens is 406 g/mol. The minimum atomic E-state index is -0.166. The second-order valence-corrected chi connectivity index (χ2v) is 9.13. The van der Waals surface area contributed by atoms with Crippen molar-refractivity contribution in [3.8, 4) is 0 Å².